The molecule has 2 N–H and O–H groups in total. The Kier molecular flexibility index (Phi) is 1.36. The highest BCUT2D eigenvalue weighted by atomic mass is 14.8. The standard InChI is InChI=1S/C12H21N/c1-11-6-9-3-8(4-10(9)11)5-12(2,13)7-11/h8-10H,3-7,13H2,1-2H3. The van der Waals surface area contributed by atoms with Gasteiger partial charge >= 0.3 is 0 Å². The monoisotopic (exact) mass is 179 g/mol. The summed E-state index contributed by atoms with van der Waals surface area (Å²) >= 11 is 0. The van der Waals surface area contributed by atoms with Gasteiger partial charge in [0.05, 0.1) is 0 Å². The molecule has 5 unspecified atom stereocenters. The summed E-state index contributed by atoms with van der Waals surface area (Å²) in [5.41, 5.74) is 7.13. The van der Waals surface area contributed by atoms with Crippen molar-refractivity contribution >= 4 is 0 Å². The Morgan fingerprint density at radius 1 is 1.15 bits per heavy atom. The van der Waals surface area contributed by atoms with Gasteiger partial charge in [-0.05, 0) is 62.2 Å². The highest BCUT2D eigenvalue weighted by molar-refractivity contribution is 5.10. The van der Waals surface area contributed by atoms with Crippen LogP contribution >= 0.6 is 0 Å². The van der Waals surface area contributed by atoms with Gasteiger partial charge in [-0.25, -0.2) is 0 Å². The van der Waals surface area contributed by atoms with Crippen molar-refractivity contribution in [2.45, 2.75) is 51.5 Å². The molecule has 0 aromatic heterocycles. The molecular formula is C12H21N. The molecule has 5 atom stereocenters. The lowest BCUT2D eigenvalue weighted by Crippen LogP contribution is -2.50. The Hall–Kier alpha value is -0.0400. The van der Waals surface area contributed by atoms with Gasteiger partial charge < -0.3 is 5.73 Å². The number of hydrogen-bond donors (Lipinski definition) is 1. The molecule has 0 amide bonds. The summed E-state index contributed by atoms with van der Waals surface area (Å²) in [4.78, 5) is 0. The fourth-order valence-electron chi connectivity index (χ4n) is 4.93. The molecule has 0 heterocycles. The molecule has 0 radical (unpaired) electrons. The minimum atomic E-state index is 0.138. The predicted octanol–water partition coefficient (Wildman–Crippen LogP) is 2.55. The van der Waals surface area contributed by atoms with Gasteiger partial charge in [0.15, 0.2) is 0 Å². The van der Waals surface area contributed by atoms with E-state index in [0.717, 1.165) is 17.8 Å². The molecule has 13 heavy (non-hydrogen) atoms. The summed E-state index contributed by atoms with van der Waals surface area (Å²) in [6.07, 6.45) is 7.02. The Morgan fingerprint density at radius 3 is 2.69 bits per heavy atom. The third kappa shape index (κ3) is 1.03. The average molecular weight is 179 g/mol. The summed E-state index contributed by atoms with van der Waals surface area (Å²) in [5.74, 6) is 3.10. The van der Waals surface area contributed by atoms with E-state index in [1.165, 1.54) is 32.1 Å². The van der Waals surface area contributed by atoms with E-state index < -0.39 is 0 Å². The maximum atomic E-state index is 6.36. The fraction of sp³-hybridized carbons (Fsp3) is 1.00. The van der Waals surface area contributed by atoms with E-state index in [0.29, 0.717) is 5.41 Å². The van der Waals surface area contributed by atoms with E-state index in [1.807, 2.05) is 0 Å². The molecular weight excluding hydrogens is 158 g/mol. The fourth-order valence-corrected chi connectivity index (χ4v) is 4.93. The van der Waals surface area contributed by atoms with Gasteiger partial charge in [0.25, 0.3) is 0 Å². The lowest BCUT2D eigenvalue weighted by molar-refractivity contribution is -0.0280. The molecule has 3 rings (SSSR count). The van der Waals surface area contributed by atoms with Crippen molar-refractivity contribution in [3.8, 4) is 0 Å². The molecule has 0 aromatic rings. The SMILES string of the molecule is CC1(N)CC2CC3CC(C)(C1)C3C2. The van der Waals surface area contributed by atoms with Crippen LogP contribution in [0.25, 0.3) is 0 Å². The normalized spacial score (nSPS) is 64.4. The van der Waals surface area contributed by atoms with Crippen molar-refractivity contribution in [2.75, 3.05) is 0 Å². The summed E-state index contributed by atoms with van der Waals surface area (Å²) < 4.78 is 0. The van der Waals surface area contributed by atoms with Gasteiger partial charge in [0, 0.05) is 5.54 Å². The predicted molar refractivity (Wildman–Crippen MR) is 54.3 cm³/mol. The first-order valence-electron chi connectivity index (χ1n) is 5.77. The van der Waals surface area contributed by atoms with Crippen molar-refractivity contribution in [3.05, 3.63) is 0 Å². The number of hydrogen-bond acceptors (Lipinski definition) is 1. The molecule has 3 aliphatic rings. The van der Waals surface area contributed by atoms with Crippen molar-refractivity contribution < 1.29 is 0 Å². The molecule has 0 spiro atoms. The Morgan fingerprint density at radius 2 is 1.92 bits per heavy atom. The summed E-state index contributed by atoms with van der Waals surface area (Å²) in [5, 5.41) is 0. The first kappa shape index (κ1) is 8.28. The van der Waals surface area contributed by atoms with Gasteiger partial charge in [0.1, 0.15) is 0 Å². The highest BCUT2D eigenvalue weighted by Gasteiger charge is 2.58. The van der Waals surface area contributed by atoms with Gasteiger partial charge in [-0.2, -0.15) is 0 Å². The molecule has 74 valence electrons. The highest BCUT2D eigenvalue weighted by Crippen LogP contribution is 2.66. The number of fused-ring (bicyclic) bond motifs is 1. The number of nitrogens with two attached hydrogens (primary N) is 1. The van der Waals surface area contributed by atoms with Crippen LogP contribution in [0.4, 0.5) is 0 Å². The van der Waals surface area contributed by atoms with E-state index in [9.17, 15) is 0 Å². The van der Waals surface area contributed by atoms with Crippen LogP contribution in [0.5, 0.6) is 0 Å². The van der Waals surface area contributed by atoms with Gasteiger partial charge in [-0.1, -0.05) is 6.92 Å². The maximum Gasteiger partial charge on any atom is 0.0133 e. The lowest BCUT2D eigenvalue weighted by atomic mass is 9.52. The maximum absolute atomic E-state index is 6.36. The second kappa shape index (κ2) is 2.13. The van der Waals surface area contributed by atoms with E-state index in [4.69, 9.17) is 5.73 Å². The Bertz CT molecular complexity index is 246. The summed E-state index contributed by atoms with van der Waals surface area (Å²) in [7, 11) is 0. The van der Waals surface area contributed by atoms with E-state index in [-0.39, 0.29) is 5.54 Å². The topological polar surface area (TPSA) is 26.0 Å². The second-order valence-corrected chi connectivity index (χ2v) is 6.60. The van der Waals surface area contributed by atoms with Crippen LogP contribution in [0.2, 0.25) is 0 Å². The molecule has 3 saturated carbocycles. The van der Waals surface area contributed by atoms with Crippen LogP contribution in [-0.2, 0) is 0 Å². The molecule has 3 aliphatic carbocycles. The zero-order valence-electron chi connectivity index (χ0n) is 8.84. The summed E-state index contributed by atoms with van der Waals surface area (Å²) in [6.45, 7) is 4.75. The minimum absolute atomic E-state index is 0.138. The quantitative estimate of drug-likeness (QED) is 0.607. The van der Waals surface area contributed by atoms with Crippen LogP contribution in [0.1, 0.15) is 46.0 Å². The lowest BCUT2D eigenvalue weighted by Gasteiger charge is -2.53. The molecule has 3 fully saturated rings. The van der Waals surface area contributed by atoms with E-state index >= 15 is 0 Å². The average Bonchev–Trinajstić information content (AvgIpc) is 2.21. The van der Waals surface area contributed by atoms with Crippen molar-refractivity contribution in [1.29, 1.82) is 0 Å². The van der Waals surface area contributed by atoms with E-state index in [1.54, 1.807) is 0 Å². The molecule has 1 nitrogen and oxygen atoms in total. The van der Waals surface area contributed by atoms with Crippen LogP contribution < -0.4 is 5.73 Å². The largest absolute Gasteiger partial charge is 0.325 e. The molecule has 0 aliphatic heterocycles. The van der Waals surface area contributed by atoms with Crippen molar-refractivity contribution in [1.82, 2.24) is 0 Å². The molecule has 0 saturated heterocycles. The Balaban J connectivity index is 1.94. The van der Waals surface area contributed by atoms with Crippen molar-refractivity contribution in [3.63, 3.8) is 0 Å². The third-order valence-electron chi connectivity index (χ3n) is 4.98. The molecule has 1 heteroatoms. The van der Waals surface area contributed by atoms with Gasteiger partial charge in [-0.3, -0.25) is 0 Å². The smallest absolute Gasteiger partial charge is 0.0133 e. The zero-order chi connectivity index (χ0) is 9.27. The molecule has 2 bridgehead atoms. The van der Waals surface area contributed by atoms with Crippen LogP contribution in [0.3, 0.4) is 0 Å². The first-order valence-corrected chi connectivity index (χ1v) is 5.77. The number of rotatable bonds is 0. The van der Waals surface area contributed by atoms with Gasteiger partial charge in [0.2, 0.25) is 0 Å². The van der Waals surface area contributed by atoms with Gasteiger partial charge in [-0.15, -0.1) is 0 Å². The molecule has 0 aromatic carbocycles. The second-order valence-electron chi connectivity index (χ2n) is 6.60. The third-order valence-corrected chi connectivity index (χ3v) is 4.98. The van der Waals surface area contributed by atoms with Crippen molar-refractivity contribution in [2.24, 2.45) is 28.9 Å². The first-order chi connectivity index (χ1) is 5.99. The van der Waals surface area contributed by atoms with Crippen LogP contribution in [0, 0.1) is 23.2 Å². The Labute approximate surface area is 81.1 Å². The zero-order valence-corrected chi connectivity index (χ0v) is 8.84. The minimum Gasteiger partial charge on any atom is -0.325 e. The summed E-state index contributed by atoms with van der Waals surface area (Å²) in [6, 6.07) is 0. The van der Waals surface area contributed by atoms with E-state index in [2.05, 4.69) is 13.8 Å². The van der Waals surface area contributed by atoms with Crippen LogP contribution in [0.15, 0.2) is 0 Å². The van der Waals surface area contributed by atoms with Crippen LogP contribution in [-0.4, -0.2) is 5.54 Å².